The van der Waals surface area contributed by atoms with Crippen LogP contribution in [0.1, 0.15) is 23.6 Å². The van der Waals surface area contributed by atoms with Crippen molar-refractivity contribution >= 4 is 50.6 Å². The standard InChI is InChI=1S/C19H21N3OS2/c1-10-7-11(2)17(12(3)8-10)22-18(23)13(4)24-19-21-15-6-5-14(20)9-16(15)25-19/h5-9,13H,20H2,1-4H3,(H,22,23)/t13-/m0/s1. The van der Waals surface area contributed by atoms with E-state index in [0.717, 1.165) is 37.1 Å². The van der Waals surface area contributed by atoms with E-state index < -0.39 is 0 Å². The second kappa shape index (κ2) is 7.06. The van der Waals surface area contributed by atoms with Crippen molar-refractivity contribution < 1.29 is 4.79 Å². The van der Waals surface area contributed by atoms with Gasteiger partial charge in [-0.05, 0) is 57.0 Å². The number of carbonyl (C=O) groups is 1. The van der Waals surface area contributed by atoms with Gasteiger partial charge in [-0.25, -0.2) is 4.98 Å². The molecule has 6 heteroatoms. The first-order chi connectivity index (χ1) is 11.8. The monoisotopic (exact) mass is 371 g/mol. The largest absolute Gasteiger partial charge is 0.399 e. The van der Waals surface area contributed by atoms with Crippen molar-refractivity contribution in [1.82, 2.24) is 4.98 Å². The minimum Gasteiger partial charge on any atom is -0.399 e. The molecule has 1 heterocycles. The van der Waals surface area contributed by atoms with Gasteiger partial charge in [0.2, 0.25) is 5.91 Å². The highest BCUT2D eigenvalue weighted by Gasteiger charge is 2.18. The van der Waals surface area contributed by atoms with Crippen LogP contribution in [0, 0.1) is 20.8 Å². The molecule has 3 aromatic rings. The predicted molar refractivity (Wildman–Crippen MR) is 109 cm³/mol. The molecule has 0 radical (unpaired) electrons. The van der Waals surface area contributed by atoms with Gasteiger partial charge in [0.1, 0.15) is 0 Å². The van der Waals surface area contributed by atoms with Crippen LogP contribution < -0.4 is 11.1 Å². The number of aryl methyl sites for hydroxylation is 3. The molecule has 0 fully saturated rings. The summed E-state index contributed by atoms with van der Waals surface area (Å²) in [6, 6.07) is 9.84. The number of rotatable bonds is 4. The van der Waals surface area contributed by atoms with Crippen molar-refractivity contribution in [1.29, 1.82) is 0 Å². The average Bonchev–Trinajstić information content (AvgIpc) is 2.91. The number of aromatic nitrogens is 1. The molecule has 1 atom stereocenters. The van der Waals surface area contributed by atoms with Crippen LogP contribution in [0.15, 0.2) is 34.7 Å². The van der Waals surface area contributed by atoms with Crippen LogP contribution in [0.2, 0.25) is 0 Å². The molecule has 3 rings (SSSR count). The lowest BCUT2D eigenvalue weighted by Crippen LogP contribution is -2.23. The third-order valence-electron chi connectivity index (χ3n) is 3.96. The molecular formula is C19H21N3OS2. The van der Waals surface area contributed by atoms with Gasteiger partial charge in [-0.15, -0.1) is 11.3 Å². The van der Waals surface area contributed by atoms with Crippen LogP contribution in [-0.2, 0) is 4.79 Å². The number of fused-ring (bicyclic) bond motifs is 1. The SMILES string of the molecule is Cc1cc(C)c(NC(=O)[C@H](C)Sc2nc3ccc(N)cc3s2)c(C)c1. The van der Waals surface area contributed by atoms with E-state index in [4.69, 9.17) is 5.73 Å². The number of carbonyl (C=O) groups excluding carboxylic acids is 1. The Morgan fingerprint density at radius 2 is 1.88 bits per heavy atom. The molecule has 0 unspecified atom stereocenters. The van der Waals surface area contributed by atoms with Gasteiger partial charge in [-0.2, -0.15) is 0 Å². The Hall–Kier alpha value is -2.05. The van der Waals surface area contributed by atoms with E-state index in [1.807, 2.05) is 39.0 Å². The minimum atomic E-state index is -0.238. The quantitative estimate of drug-likeness (QED) is 0.504. The number of benzene rings is 2. The fourth-order valence-electron chi connectivity index (χ4n) is 2.78. The third-order valence-corrected chi connectivity index (χ3v) is 6.18. The predicted octanol–water partition coefficient (Wildman–Crippen LogP) is 4.92. The maximum Gasteiger partial charge on any atom is 0.237 e. The zero-order valence-corrected chi connectivity index (χ0v) is 16.3. The molecule has 3 N–H and O–H groups in total. The molecule has 0 saturated carbocycles. The van der Waals surface area contributed by atoms with Crippen molar-refractivity contribution in [2.24, 2.45) is 0 Å². The first-order valence-electron chi connectivity index (χ1n) is 8.05. The van der Waals surface area contributed by atoms with Gasteiger partial charge < -0.3 is 11.1 Å². The summed E-state index contributed by atoms with van der Waals surface area (Å²) in [5.74, 6) is -0.0150. The number of nitrogens with zero attached hydrogens (tertiary/aromatic N) is 1. The highest BCUT2D eigenvalue weighted by atomic mass is 32.2. The summed E-state index contributed by atoms with van der Waals surface area (Å²) in [5, 5.41) is 2.83. The van der Waals surface area contributed by atoms with Crippen molar-refractivity contribution in [3.8, 4) is 0 Å². The summed E-state index contributed by atoms with van der Waals surface area (Å²) in [7, 11) is 0. The smallest absolute Gasteiger partial charge is 0.237 e. The van der Waals surface area contributed by atoms with E-state index in [2.05, 4.69) is 29.4 Å². The summed E-state index contributed by atoms with van der Waals surface area (Å²) in [6.07, 6.45) is 0. The van der Waals surface area contributed by atoms with Gasteiger partial charge in [-0.1, -0.05) is 29.5 Å². The summed E-state index contributed by atoms with van der Waals surface area (Å²) in [6.45, 7) is 8.00. The Morgan fingerprint density at radius 1 is 1.20 bits per heavy atom. The number of anilines is 2. The van der Waals surface area contributed by atoms with Crippen LogP contribution in [0.5, 0.6) is 0 Å². The lowest BCUT2D eigenvalue weighted by Gasteiger charge is -2.15. The number of amides is 1. The van der Waals surface area contributed by atoms with E-state index in [1.54, 1.807) is 11.3 Å². The van der Waals surface area contributed by atoms with Crippen LogP contribution in [0.4, 0.5) is 11.4 Å². The van der Waals surface area contributed by atoms with E-state index in [1.165, 1.54) is 17.3 Å². The highest BCUT2D eigenvalue weighted by molar-refractivity contribution is 8.02. The van der Waals surface area contributed by atoms with Gasteiger partial charge in [0.15, 0.2) is 4.34 Å². The number of nitrogens with one attached hydrogen (secondary N) is 1. The normalized spacial score (nSPS) is 12.3. The molecule has 1 aromatic heterocycles. The molecule has 0 aliphatic carbocycles. The van der Waals surface area contributed by atoms with Crippen molar-refractivity contribution in [3.05, 3.63) is 47.0 Å². The number of nitrogens with two attached hydrogens (primary N) is 1. The Kier molecular flexibility index (Phi) is 5.01. The second-order valence-corrected chi connectivity index (χ2v) is 8.85. The van der Waals surface area contributed by atoms with Crippen LogP contribution in [0.25, 0.3) is 10.2 Å². The molecule has 0 saturated heterocycles. The van der Waals surface area contributed by atoms with Crippen LogP contribution in [-0.4, -0.2) is 16.1 Å². The van der Waals surface area contributed by atoms with Gasteiger partial charge in [0, 0.05) is 11.4 Å². The van der Waals surface area contributed by atoms with Gasteiger partial charge in [-0.3, -0.25) is 4.79 Å². The number of thioether (sulfide) groups is 1. The fourth-order valence-corrected chi connectivity index (χ4v) is 5.04. The van der Waals surface area contributed by atoms with E-state index in [9.17, 15) is 4.79 Å². The Labute approximate surface area is 155 Å². The molecular weight excluding hydrogens is 350 g/mol. The van der Waals surface area contributed by atoms with Crippen LogP contribution in [0.3, 0.4) is 0 Å². The molecule has 0 spiro atoms. The van der Waals surface area contributed by atoms with Gasteiger partial charge >= 0.3 is 0 Å². The maximum atomic E-state index is 12.6. The van der Waals surface area contributed by atoms with Gasteiger partial charge in [0.05, 0.1) is 15.5 Å². The molecule has 130 valence electrons. The lowest BCUT2D eigenvalue weighted by atomic mass is 10.1. The summed E-state index contributed by atoms with van der Waals surface area (Å²) in [5.41, 5.74) is 11.7. The number of hydrogen-bond donors (Lipinski definition) is 2. The third kappa shape index (κ3) is 3.96. The van der Waals surface area contributed by atoms with Crippen molar-refractivity contribution in [2.75, 3.05) is 11.1 Å². The molecule has 2 aromatic carbocycles. The zero-order chi connectivity index (χ0) is 18.1. The van der Waals surface area contributed by atoms with E-state index >= 15 is 0 Å². The van der Waals surface area contributed by atoms with Gasteiger partial charge in [0.25, 0.3) is 0 Å². The Bertz CT molecular complexity index is 926. The second-order valence-electron chi connectivity index (χ2n) is 6.23. The first-order valence-corrected chi connectivity index (χ1v) is 9.74. The molecule has 0 aliphatic rings. The maximum absolute atomic E-state index is 12.6. The van der Waals surface area contributed by atoms with Crippen LogP contribution >= 0.6 is 23.1 Å². The van der Waals surface area contributed by atoms with Crippen molar-refractivity contribution in [2.45, 2.75) is 37.3 Å². The molecule has 25 heavy (non-hydrogen) atoms. The minimum absolute atomic E-state index is 0.0150. The van der Waals surface area contributed by atoms with E-state index in [0.29, 0.717) is 0 Å². The highest BCUT2D eigenvalue weighted by Crippen LogP contribution is 2.33. The fraction of sp³-hybridized carbons (Fsp3) is 0.263. The number of hydrogen-bond acceptors (Lipinski definition) is 5. The zero-order valence-electron chi connectivity index (χ0n) is 14.7. The molecule has 4 nitrogen and oxygen atoms in total. The molecule has 0 aliphatic heterocycles. The summed E-state index contributed by atoms with van der Waals surface area (Å²) < 4.78 is 1.92. The summed E-state index contributed by atoms with van der Waals surface area (Å²) >= 11 is 3.04. The number of nitrogen functional groups attached to an aromatic ring is 1. The number of thiazole rings is 1. The average molecular weight is 372 g/mol. The first kappa shape index (κ1) is 17.8. The lowest BCUT2D eigenvalue weighted by molar-refractivity contribution is -0.115. The van der Waals surface area contributed by atoms with E-state index in [-0.39, 0.29) is 11.2 Å². The Morgan fingerprint density at radius 3 is 2.56 bits per heavy atom. The van der Waals surface area contributed by atoms with Crippen molar-refractivity contribution in [3.63, 3.8) is 0 Å². The molecule has 1 amide bonds. The topological polar surface area (TPSA) is 68.0 Å². The molecule has 0 bridgehead atoms. The summed E-state index contributed by atoms with van der Waals surface area (Å²) in [4.78, 5) is 17.2. The Balaban J connectivity index is 1.74.